The van der Waals surface area contributed by atoms with Crippen molar-refractivity contribution >= 4 is 21.7 Å². The summed E-state index contributed by atoms with van der Waals surface area (Å²) in [6, 6.07) is 0. The van der Waals surface area contributed by atoms with E-state index in [-0.39, 0.29) is 37.2 Å². The molecule has 0 aromatic heterocycles. The van der Waals surface area contributed by atoms with Crippen molar-refractivity contribution in [2.24, 2.45) is 0 Å². The summed E-state index contributed by atoms with van der Waals surface area (Å²) >= 11 is 0. The lowest BCUT2D eigenvalue weighted by molar-refractivity contribution is -0.135. The largest absolute Gasteiger partial charge is 0.347 e. The molecule has 1 heterocycles. The SMILES string of the molecule is CCS(=O)(=O)C1CN(C(=O)CNC(C)=O)C1. The molecule has 0 saturated carbocycles. The predicted molar refractivity (Wildman–Crippen MR) is 58.5 cm³/mol. The maximum absolute atomic E-state index is 11.4. The molecule has 0 unspecified atom stereocenters. The standard InChI is InChI=1S/C9H16N2O4S/c1-3-16(14,15)8-5-11(6-8)9(13)4-10-7(2)12/h8H,3-6H2,1-2H3,(H,10,12). The van der Waals surface area contributed by atoms with E-state index < -0.39 is 15.1 Å². The highest BCUT2D eigenvalue weighted by Crippen LogP contribution is 2.16. The van der Waals surface area contributed by atoms with Crippen LogP contribution in [0.15, 0.2) is 0 Å². The minimum atomic E-state index is -3.04. The fraction of sp³-hybridized carbons (Fsp3) is 0.778. The molecule has 0 aromatic carbocycles. The third kappa shape index (κ3) is 2.94. The quantitative estimate of drug-likeness (QED) is 0.675. The van der Waals surface area contributed by atoms with Crippen LogP contribution >= 0.6 is 0 Å². The van der Waals surface area contributed by atoms with Gasteiger partial charge in [0.2, 0.25) is 11.8 Å². The molecular formula is C9H16N2O4S. The Morgan fingerprint density at radius 2 is 1.94 bits per heavy atom. The number of carbonyl (C=O) groups excluding carboxylic acids is 2. The van der Waals surface area contributed by atoms with E-state index in [4.69, 9.17) is 0 Å². The number of carbonyl (C=O) groups is 2. The molecule has 7 heteroatoms. The summed E-state index contributed by atoms with van der Waals surface area (Å²) in [5, 5.41) is 1.95. The first kappa shape index (κ1) is 13.0. The van der Waals surface area contributed by atoms with Crippen molar-refractivity contribution in [3.8, 4) is 0 Å². The van der Waals surface area contributed by atoms with E-state index in [2.05, 4.69) is 5.32 Å². The van der Waals surface area contributed by atoms with Crippen LogP contribution in [0.25, 0.3) is 0 Å². The van der Waals surface area contributed by atoms with Crippen molar-refractivity contribution in [1.82, 2.24) is 10.2 Å². The van der Waals surface area contributed by atoms with Crippen LogP contribution in [0.3, 0.4) is 0 Å². The van der Waals surface area contributed by atoms with E-state index >= 15 is 0 Å². The number of likely N-dealkylation sites (tertiary alicyclic amines) is 1. The van der Waals surface area contributed by atoms with E-state index in [1.54, 1.807) is 6.92 Å². The lowest BCUT2D eigenvalue weighted by atomic mass is 10.2. The van der Waals surface area contributed by atoms with Gasteiger partial charge in [0.1, 0.15) is 0 Å². The third-order valence-corrected chi connectivity index (χ3v) is 4.72. The topological polar surface area (TPSA) is 83.6 Å². The Kier molecular flexibility index (Phi) is 3.90. The fourth-order valence-corrected chi connectivity index (χ4v) is 2.70. The molecule has 2 amide bonds. The van der Waals surface area contributed by atoms with Gasteiger partial charge in [0.05, 0.1) is 11.8 Å². The van der Waals surface area contributed by atoms with E-state index in [0.29, 0.717) is 0 Å². The smallest absolute Gasteiger partial charge is 0.242 e. The van der Waals surface area contributed by atoms with E-state index in [1.165, 1.54) is 11.8 Å². The van der Waals surface area contributed by atoms with Gasteiger partial charge < -0.3 is 10.2 Å². The molecule has 6 nitrogen and oxygen atoms in total. The van der Waals surface area contributed by atoms with Crippen LogP contribution in [0, 0.1) is 0 Å². The molecular weight excluding hydrogens is 232 g/mol. The zero-order valence-electron chi connectivity index (χ0n) is 9.39. The molecule has 1 aliphatic rings. The summed E-state index contributed by atoms with van der Waals surface area (Å²) < 4.78 is 22.8. The van der Waals surface area contributed by atoms with Crippen LogP contribution in [0.4, 0.5) is 0 Å². The molecule has 16 heavy (non-hydrogen) atoms. The van der Waals surface area contributed by atoms with Gasteiger partial charge in [-0.05, 0) is 0 Å². The number of nitrogens with zero attached hydrogens (tertiary/aromatic N) is 1. The Hall–Kier alpha value is -1.11. The second kappa shape index (κ2) is 4.82. The highest BCUT2D eigenvalue weighted by molar-refractivity contribution is 7.92. The Morgan fingerprint density at radius 3 is 2.38 bits per heavy atom. The lowest BCUT2D eigenvalue weighted by Gasteiger charge is -2.38. The Bertz CT molecular complexity index is 384. The number of rotatable bonds is 4. The van der Waals surface area contributed by atoms with Crippen LogP contribution in [0.1, 0.15) is 13.8 Å². The molecule has 0 radical (unpaired) electrons. The lowest BCUT2D eigenvalue weighted by Crippen LogP contribution is -2.59. The van der Waals surface area contributed by atoms with Crippen LogP contribution in [-0.4, -0.2) is 55.8 Å². The van der Waals surface area contributed by atoms with Gasteiger partial charge in [-0.15, -0.1) is 0 Å². The number of nitrogens with one attached hydrogen (secondary N) is 1. The first-order valence-corrected chi connectivity index (χ1v) is 6.82. The summed E-state index contributed by atoms with van der Waals surface area (Å²) in [4.78, 5) is 23.4. The normalized spacial score (nSPS) is 16.8. The maximum Gasteiger partial charge on any atom is 0.242 e. The summed E-state index contributed by atoms with van der Waals surface area (Å²) in [6.45, 7) is 3.35. The maximum atomic E-state index is 11.4. The number of hydrogen-bond donors (Lipinski definition) is 1. The van der Waals surface area contributed by atoms with Gasteiger partial charge in [0.15, 0.2) is 9.84 Å². The molecule has 1 fully saturated rings. The number of amides is 2. The molecule has 1 aliphatic heterocycles. The highest BCUT2D eigenvalue weighted by Gasteiger charge is 2.38. The van der Waals surface area contributed by atoms with Crippen molar-refractivity contribution in [2.75, 3.05) is 25.4 Å². The second-order valence-electron chi connectivity index (χ2n) is 3.78. The van der Waals surface area contributed by atoms with Crippen molar-refractivity contribution in [3.63, 3.8) is 0 Å². The van der Waals surface area contributed by atoms with Gasteiger partial charge in [0.25, 0.3) is 0 Å². The number of hydrogen-bond acceptors (Lipinski definition) is 4. The van der Waals surface area contributed by atoms with Gasteiger partial charge in [-0.2, -0.15) is 0 Å². The first-order chi connectivity index (χ1) is 7.36. The molecule has 1 N–H and O–H groups in total. The average Bonchev–Trinajstić information content (AvgIpc) is 2.12. The van der Waals surface area contributed by atoms with Gasteiger partial charge in [-0.1, -0.05) is 6.92 Å². The van der Waals surface area contributed by atoms with Crippen LogP contribution in [0.5, 0.6) is 0 Å². The van der Waals surface area contributed by atoms with Gasteiger partial charge in [-0.25, -0.2) is 8.42 Å². The third-order valence-electron chi connectivity index (χ3n) is 2.60. The molecule has 0 aliphatic carbocycles. The van der Waals surface area contributed by atoms with Gasteiger partial charge >= 0.3 is 0 Å². The van der Waals surface area contributed by atoms with Crippen LogP contribution in [0.2, 0.25) is 0 Å². The highest BCUT2D eigenvalue weighted by atomic mass is 32.2. The second-order valence-corrected chi connectivity index (χ2v) is 6.35. The van der Waals surface area contributed by atoms with Crippen LogP contribution in [-0.2, 0) is 19.4 Å². The Morgan fingerprint density at radius 1 is 1.38 bits per heavy atom. The summed E-state index contributed by atoms with van der Waals surface area (Å²) in [7, 11) is -3.04. The minimum absolute atomic E-state index is 0.0613. The summed E-state index contributed by atoms with van der Waals surface area (Å²) in [6.07, 6.45) is 0. The fourth-order valence-electron chi connectivity index (χ4n) is 1.42. The van der Waals surface area contributed by atoms with Crippen molar-refractivity contribution in [1.29, 1.82) is 0 Å². The first-order valence-electron chi connectivity index (χ1n) is 5.10. The van der Waals surface area contributed by atoms with Crippen molar-refractivity contribution in [3.05, 3.63) is 0 Å². The number of sulfone groups is 1. The minimum Gasteiger partial charge on any atom is -0.347 e. The molecule has 1 rings (SSSR count). The van der Waals surface area contributed by atoms with E-state index in [0.717, 1.165) is 0 Å². The molecule has 0 spiro atoms. The molecule has 0 atom stereocenters. The monoisotopic (exact) mass is 248 g/mol. The van der Waals surface area contributed by atoms with Crippen LogP contribution < -0.4 is 5.32 Å². The molecule has 1 saturated heterocycles. The molecule has 0 aromatic rings. The zero-order chi connectivity index (χ0) is 12.3. The molecule has 0 bridgehead atoms. The Labute approximate surface area is 94.9 Å². The van der Waals surface area contributed by atoms with Crippen molar-refractivity contribution < 1.29 is 18.0 Å². The predicted octanol–water partition coefficient (Wildman–Crippen LogP) is -1.23. The average molecular weight is 248 g/mol. The zero-order valence-corrected chi connectivity index (χ0v) is 10.2. The Balaban J connectivity index is 2.36. The van der Waals surface area contributed by atoms with Gasteiger partial charge in [-0.3, -0.25) is 9.59 Å². The van der Waals surface area contributed by atoms with Gasteiger partial charge in [0, 0.05) is 25.8 Å². The molecule has 92 valence electrons. The summed E-state index contributed by atoms with van der Waals surface area (Å²) in [5.41, 5.74) is 0. The van der Waals surface area contributed by atoms with Crippen molar-refractivity contribution in [2.45, 2.75) is 19.1 Å². The van der Waals surface area contributed by atoms with E-state index in [9.17, 15) is 18.0 Å². The summed E-state index contributed by atoms with van der Waals surface area (Å²) in [5.74, 6) is -0.407. The van der Waals surface area contributed by atoms with E-state index in [1.807, 2.05) is 0 Å².